The van der Waals surface area contributed by atoms with E-state index in [-0.39, 0.29) is 16.9 Å². The summed E-state index contributed by atoms with van der Waals surface area (Å²) in [6.07, 6.45) is 5.06. The number of rotatable bonds is 1. The molecule has 0 spiro atoms. The van der Waals surface area contributed by atoms with Crippen molar-refractivity contribution in [2.75, 3.05) is 5.32 Å². The molecule has 1 aromatic carbocycles. The fourth-order valence-corrected chi connectivity index (χ4v) is 5.23. The van der Waals surface area contributed by atoms with Crippen molar-refractivity contribution in [1.29, 1.82) is 0 Å². The van der Waals surface area contributed by atoms with Crippen LogP contribution in [-0.2, 0) is 6.42 Å². The first-order chi connectivity index (χ1) is 9.69. The maximum Gasteiger partial charge on any atom is 0.0858 e. The van der Waals surface area contributed by atoms with Crippen molar-refractivity contribution < 1.29 is 5.11 Å². The van der Waals surface area contributed by atoms with Gasteiger partial charge in [-0.2, -0.15) is 0 Å². The van der Waals surface area contributed by atoms with Crippen LogP contribution in [0.5, 0.6) is 0 Å². The smallest absolute Gasteiger partial charge is 0.0858 e. The second-order valence-electron chi connectivity index (χ2n) is 8.86. The van der Waals surface area contributed by atoms with Crippen molar-refractivity contribution >= 4 is 5.69 Å². The van der Waals surface area contributed by atoms with E-state index in [4.69, 9.17) is 0 Å². The second-order valence-corrected chi connectivity index (χ2v) is 8.86. The molecule has 0 aromatic heterocycles. The number of fused-ring (bicyclic) bond motifs is 1. The molecular formula is C19H29NO. The Morgan fingerprint density at radius 3 is 2.29 bits per heavy atom. The molecule has 0 bridgehead atoms. The number of aliphatic hydroxyl groups is 1. The van der Waals surface area contributed by atoms with Gasteiger partial charge in [0.1, 0.15) is 0 Å². The molecule has 2 aliphatic rings. The molecule has 1 unspecified atom stereocenters. The minimum absolute atomic E-state index is 0.172. The summed E-state index contributed by atoms with van der Waals surface area (Å²) in [5.74, 6) is 0. The SMILES string of the molecule is CC1(C)CC(C)(C)CC(O)(C2CCc3ccccc3N2)C1. The molecule has 2 nitrogen and oxygen atoms in total. The lowest BCUT2D eigenvalue weighted by Gasteiger charge is -2.53. The number of hydrogen-bond acceptors (Lipinski definition) is 2. The first-order valence-corrected chi connectivity index (χ1v) is 8.26. The molecule has 1 saturated carbocycles. The van der Waals surface area contributed by atoms with Gasteiger partial charge >= 0.3 is 0 Å². The lowest BCUT2D eigenvalue weighted by Crippen LogP contribution is -2.56. The minimum Gasteiger partial charge on any atom is -0.388 e. The van der Waals surface area contributed by atoms with Crippen LogP contribution in [0.2, 0.25) is 0 Å². The first kappa shape index (κ1) is 14.9. The Morgan fingerprint density at radius 1 is 1.00 bits per heavy atom. The molecule has 2 N–H and O–H groups in total. The van der Waals surface area contributed by atoms with E-state index in [1.165, 1.54) is 17.7 Å². The van der Waals surface area contributed by atoms with Crippen molar-refractivity contribution in [1.82, 2.24) is 0 Å². The molecule has 1 aliphatic heterocycles. The van der Waals surface area contributed by atoms with Crippen molar-refractivity contribution in [2.45, 2.75) is 71.4 Å². The molecular weight excluding hydrogens is 258 g/mol. The zero-order valence-corrected chi connectivity index (χ0v) is 13.9. The molecule has 1 fully saturated rings. The lowest BCUT2D eigenvalue weighted by atomic mass is 9.57. The third kappa shape index (κ3) is 2.96. The van der Waals surface area contributed by atoms with Crippen LogP contribution >= 0.6 is 0 Å². The Kier molecular flexibility index (Phi) is 3.36. The molecule has 1 heterocycles. The molecule has 0 saturated heterocycles. The molecule has 1 aliphatic carbocycles. The predicted octanol–water partition coefficient (Wildman–Crippen LogP) is 4.38. The molecule has 3 rings (SSSR count). The van der Waals surface area contributed by atoms with E-state index in [2.05, 4.69) is 57.3 Å². The van der Waals surface area contributed by atoms with E-state index in [1.807, 2.05) is 0 Å². The number of hydrogen-bond donors (Lipinski definition) is 2. The van der Waals surface area contributed by atoms with Gasteiger partial charge in [-0.05, 0) is 54.6 Å². The molecule has 0 radical (unpaired) electrons. The standard InChI is InChI=1S/C19H29NO/c1-17(2)11-18(3,4)13-19(21,12-17)16-10-9-14-7-5-6-8-15(14)20-16/h5-8,16,20-21H,9-13H2,1-4H3. The highest BCUT2D eigenvalue weighted by Crippen LogP contribution is 2.52. The van der Waals surface area contributed by atoms with E-state index in [9.17, 15) is 5.11 Å². The van der Waals surface area contributed by atoms with Crippen LogP contribution in [0.1, 0.15) is 58.9 Å². The molecule has 1 atom stereocenters. The van der Waals surface area contributed by atoms with Crippen molar-refractivity contribution in [2.24, 2.45) is 10.8 Å². The van der Waals surface area contributed by atoms with Gasteiger partial charge in [-0.15, -0.1) is 0 Å². The van der Waals surface area contributed by atoms with Gasteiger partial charge in [0.25, 0.3) is 0 Å². The second kappa shape index (κ2) is 4.74. The van der Waals surface area contributed by atoms with Gasteiger partial charge in [0.2, 0.25) is 0 Å². The maximum absolute atomic E-state index is 11.4. The highest BCUT2D eigenvalue weighted by atomic mass is 16.3. The highest BCUT2D eigenvalue weighted by molar-refractivity contribution is 5.54. The molecule has 116 valence electrons. The zero-order valence-electron chi connectivity index (χ0n) is 13.9. The summed E-state index contributed by atoms with van der Waals surface area (Å²) in [5, 5.41) is 15.1. The van der Waals surface area contributed by atoms with Gasteiger partial charge in [0.15, 0.2) is 0 Å². The zero-order chi connectivity index (χ0) is 15.3. The van der Waals surface area contributed by atoms with Gasteiger partial charge in [-0.25, -0.2) is 0 Å². The quantitative estimate of drug-likeness (QED) is 0.803. The fourth-order valence-electron chi connectivity index (χ4n) is 5.23. The maximum atomic E-state index is 11.4. The lowest BCUT2D eigenvalue weighted by molar-refractivity contribution is -0.0982. The Morgan fingerprint density at radius 2 is 1.62 bits per heavy atom. The normalized spacial score (nSPS) is 29.3. The summed E-state index contributed by atoms with van der Waals surface area (Å²) in [7, 11) is 0. The van der Waals surface area contributed by atoms with E-state index >= 15 is 0 Å². The predicted molar refractivity (Wildman–Crippen MR) is 88.5 cm³/mol. The molecule has 21 heavy (non-hydrogen) atoms. The Bertz CT molecular complexity index is 516. The average Bonchev–Trinajstić information content (AvgIpc) is 2.34. The number of aryl methyl sites for hydroxylation is 1. The fraction of sp³-hybridized carbons (Fsp3) is 0.684. The van der Waals surface area contributed by atoms with Crippen molar-refractivity contribution in [3.8, 4) is 0 Å². The number of benzene rings is 1. The summed E-state index contributed by atoms with van der Waals surface area (Å²) >= 11 is 0. The van der Waals surface area contributed by atoms with Crippen LogP contribution in [0, 0.1) is 10.8 Å². The summed E-state index contributed by atoms with van der Waals surface area (Å²) in [5.41, 5.74) is 2.40. The van der Waals surface area contributed by atoms with Crippen molar-refractivity contribution in [3.63, 3.8) is 0 Å². The van der Waals surface area contributed by atoms with E-state index in [0.29, 0.717) is 0 Å². The summed E-state index contributed by atoms with van der Waals surface area (Å²) in [4.78, 5) is 0. The van der Waals surface area contributed by atoms with E-state index in [0.717, 1.165) is 25.7 Å². The average molecular weight is 287 g/mol. The van der Waals surface area contributed by atoms with Gasteiger partial charge < -0.3 is 10.4 Å². The van der Waals surface area contributed by atoms with E-state index < -0.39 is 5.60 Å². The number of nitrogens with one attached hydrogen (secondary N) is 1. The number of para-hydroxylation sites is 1. The van der Waals surface area contributed by atoms with E-state index in [1.54, 1.807) is 0 Å². The summed E-state index contributed by atoms with van der Waals surface area (Å²) in [6, 6.07) is 8.68. The largest absolute Gasteiger partial charge is 0.388 e. The van der Waals surface area contributed by atoms with Gasteiger partial charge in [-0.1, -0.05) is 45.9 Å². The minimum atomic E-state index is -0.598. The number of anilines is 1. The Balaban J connectivity index is 1.86. The van der Waals surface area contributed by atoms with Crippen LogP contribution in [0.25, 0.3) is 0 Å². The Labute approximate surface area is 129 Å². The van der Waals surface area contributed by atoms with Crippen LogP contribution in [-0.4, -0.2) is 16.7 Å². The molecule has 2 heteroatoms. The monoisotopic (exact) mass is 287 g/mol. The third-order valence-corrected chi connectivity index (χ3v) is 5.22. The van der Waals surface area contributed by atoms with Crippen LogP contribution in [0.3, 0.4) is 0 Å². The van der Waals surface area contributed by atoms with Gasteiger partial charge in [-0.3, -0.25) is 0 Å². The Hall–Kier alpha value is -1.02. The topological polar surface area (TPSA) is 32.3 Å². The molecule has 0 amide bonds. The summed E-state index contributed by atoms with van der Waals surface area (Å²) < 4.78 is 0. The van der Waals surface area contributed by atoms with Gasteiger partial charge in [0.05, 0.1) is 11.6 Å². The van der Waals surface area contributed by atoms with Crippen LogP contribution < -0.4 is 5.32 Å². The first-order valence-electron chi connectivity index (χ1n) is 8.26. The molecule has 1 aromatic rings. The van der Waals surface area contributed by atoms with Crippen LogP contribution in [0.4, 0.5) is 5.69 Å². The highest BCUT2D eigenvalue weighted by Gasteiger charge is 2.50. The van der Waals surface area contributed by atoms with Crippen LogP contribution in [0.15, 0.2) is 24.3 Å². The van der Waals surface area contributed by atoms with Crippen molar-refractivity contribution in [3.05, 3.63) is 29.8 Å². The third-order valence-electron chi connectivity index (χ3n) is 5.22. The summed E-state index contributed by atoms with van der Waals surface area (Å²) in [6.45, 7) is 9.20. The van der Waals surface area contributed by atoms with Gasteiger partial charge in [0, 0.05) is 5.69 Å².